The largest absolute Gasteiger partial charge is 0.370 e. The molecule has 5 rings (SSSR count). The van der Waals surface area contributed by atoms with Gasteiger partial charge in [-0.25, -0.2) is 4.98 Å². The Morgan fingerprint density at radius 3 is 2.74 bits per heavy atom. The van der Waals surface area contributed by atoms with E-state index in [4.69, 9.17) is 4.74 Å². The molecule has 3 fully saturated rings. The zero-order valence-electron chi connectivity index (χ0n) is 15.5. The number of pyridine rings is 1. The zero-order chi connectivity index (χ0) is 18.5. The summed E-state index contributed by atoms with van der Waals surface area (Å²) in [5.74, 6) is 0.0232. The number of hydrogen-bond donors (Lipinski definition) is 0. The van der Waals surface area contributed by atoms with Gasteiger partial charge < -0.3 is 18.9 Å². The van der Waals surface area contributed by atoms with E-state index in [1.165, 1.54) is 0 Å². The Kier molecular flexibility index (Phi) is 3.93. The molecule has 0 N–H and O–H groups in total. The first-order valence-electron chi connectivity index (χ1n) is 9.79. The molecule has 3 aliphatic rings. The quantitative estimate of drug-likeness (QED) is 0.806. The van der Waals surface area contributed by atoms with Gasteiger partial charge in [-0.1, -0.05) is 6.07 Å². The maximum absolute atomic E-state index is 13.1. The lowest BCUT2D eigenvalue weighted by molar-refractivity contribution is -0.137. The Morgan fingerprint density at radius 1 is 1.15 bits per heavy atom. The van der Waals surface area contributed by atoms with E-state index in [9.17, 15) is 9.59 Å². The van der Waals surface area contributed by atoms with E-state index >= 15 is 0 Å². The third-order valence-electron chi connectivity index (χ3n) is 6.15. The van der Waals surface area contributed by atoms with Gasteiger partial charge in [-0.3, -0.25) is 9.59 Å². The number of amides is 2. The molecule has 142 valence electrons. The first-order chi connectivity index (χ1) is 13.1. The van der Waals surface area contributed by atoms with Crippen LogP contribution in [0.25, 0.3) is 5.65 Å². The van der Waals surface area contributed by atoms with Crippen molar-refractivity contribution < 1.29 is 14.3 Å². The minimum Gasteiger partial charge on any atom is -0.370 e. The number of ether oxygens (including phenoxy) is 1. The number of carbonyl (C=O) groups is 2. The first kappa shape index (κ1) is 16.7. The number of aromatic nitrogens is 2. The second-order valence-electron chi connectivity index (χ2n) is 7.86. The van der Waals surface area contributed by atoms with Gasteiger partial charge in [0.1, 0.15) is 11.3 Å². The number of fused-ring (bicyclic) bond motifs is 3. The van der Waals surface area contributed by atoms with Crippen LogP contribution >= 0.6 is 0 Å². The summed E-state index contributed by atoms with van der Waals surface area (Å²) in [4.78, 5) is 34.3. The smallest absolute Gasteiger partial charge is 0.274 e. The molecular formula is C20H24N4O3. The maximum atomic E-state index is 13.1. The van der Waals surface area contributed by atoms with Crippen molar-refractivity contribution in [1.29, 1.82) is 0 Å². The SMILES string of the molecule is Cc1c(C(=O)N2CC3CC(C(=O)N4CCCC4)C(C2)O3)nc2ccccn12. The number of nitrogens with zero attached hydrogens (tertiary/aromatic N) is 4. The lowest BCUT2D eigenvalue weighted by atomic mass is 9.99. The van der Waals surface area contributed by atoms with Crippen molar-refractivity contribution in [2.24, 2.45) is 5.92 Å². The number of morpholine rings is 1. The van der Waals surface area contributed by atoms with Crippen LogP contribution in [0, 0.1) is 12.8 Å². The second kappa shape index (κ2) is 6.34. The normalized spacial score (nSPS) is 27.5. The number of imidazole rings is 1. The Labute approximate surface area is 157 Å². The van der Waals surface area contributed by atoms with Crippen molar-refractivity contribution in [1.82, 2.24) is 19.2 Å². The molecule has 2 bridgehead atoms. The van der Waals surface area contributed by atoms with Crippen molar-refractivity contribution in [3.63, 3.8) is 0 Å². The summed E-state index contributed by atoms with van der Waals surface area (Å²) in [6.45, 7) is 4.63. The Hall–Kier alpha value is -2.41. The molecule has 7 nitrogen and oxygen atoms in total. The molecule has 7 heteroatoms. The highest BCUT2D eigenvalue weighted by atomic mass is 16.5. The Balaban J connectivity index is 1.35. The fraction of sp³-hybridized carbons (Fsp3) is 0.550. The Morgan fingerprint density at radius 2 is 1.96 bits per heavy atom. The fourth-order valence-electron chi connectivity index (χ4n) is 4.73. The highest BCUT2D eigenvalue weighted by Crippen LogP contribution is 2.34. The van der Waals surface area contributed by atoms with E-state index in [1.54, 1.807) is 0 Å². The van der Waals surface area contributed by atoms with Crippen molar-refractivity contribution in [2.75, 3.05) is 26.2 Å². The standard InChI is InChI=1S/C20H24N4O3/c1-13-18(21-17-6-2-3-9-24(13)17)20(26)23-11-14-10-15(16(12-23)27-14)19(25)22-7-4-5-8-22/h2-3,6,9,14-16H,4-5,7-8,10-12H2,1H3. The number of carbonyl (C=O) groups excluding carboxylic acids is 2. The number of hydrogen-bond acceptors (Lipinski definition) is 4. The highest BCUT2D eigenvalue weighted by molar-refractivity contribution is 5.94. The van der Waals surface area contributed by atoms with E-state index < -0.39 is 0 Å². The predicted octanol–water partition coefficient (Wildman–Crippen LogP) is 1.49. The van der Waals surface area contributed by atoms with Gasteiger partial charge in [0.15, 0.2) is 0 Å². The second-order valence-corrected chi connectivity index (χ2v) is 7.86. The molecule has 0 radical (unpaired) electrons. The van der Waals surface area contributed by atoms with Crippen LogP contribution in [0.2, 0.25) is 0 Å². The molecule has 3 saturated heterocycles. The molecular weight excluding hydrogens is 344 g/mol. The fourth-order valence-corrected chi connectivity index (χ4v) is 4.73. The minimum absolute atomic E-state index is 0.0541. The number of aryl methyl sites for hydroxylation is 1. The molecule has 0 saturated carbocycles. The molecule has 3 atom stereocenters. The van der Waals surface area contributed by atoms with Gasteiger partial charge in [0.2, 0.25) is 5.91 Å². The maximum Gasteiger partial charge on any atom is 0.274 e. The van der Waals surface area contributed by atoms with Gasteiger partial charge >= 0.3 is 0 Å². The van der Waals surface area contributed by atoms with Gasteiger partial charge in [0, 0.05) is 32.4 Å². The van der Waals surface area contributed by atoms with E-state index in [-0.39, 0.29) is 29.9 Å². The van der Waals surface area contributed by atoms with Crippen LogP contribution in [-0.2, 0) is 9.53 Å². The van der Waals surface area contributed by atoms with Crippen molar-refractivity contribution in [3.05, 3.63) is 35.8 Å². The summed E-state index contributed by atoms with van der Waals surface area (Å²) in [5.41, 5.74) is 2.11. The average Bonchev–Trinajstić information content (AvgIpc) is 3.40. The summed E-state index contributed by atoms with van der Waals surface area (Å²) in [5, 5.41) is 0. The minimum atomic E-state index is -0.196. The van der Waals surface area contributed by atoms with Crippen molar-refractivity contribution in [3.8, 4) is 0 Å². The Bertz CT molecular complexity index is 902. The summed E-state index contributed by atoms with van der Waals surface area (Å²) in [6.07, 6.45) is 4.56. The van der Waals surface area contributed by atoms with Crippen LogP contribution in [0.4, 0.5) is 0 Å². The van der Waals surface area contributed by atoms with Crippen molar-refractivity contribution in [2.45, 2.75) is 38.4 Å². The number of likely N-dealkylation sites (tertiary alicyclic amines) is 2. The average molecular weight is 368 g/mol. The van der Waals surface area contributed by atoms with Gasteiger partial charge in [-0.2, -0.15) is 0 Å². The van der Waals surface area contributed by atoms with E-state index in [0.717, 1.165) is 37.3 Å². The summed E-state index contributed by atoms with van der Waals surface area (Å²) >= 11 is 0. The molecule has 5 heterocycles. The van der Waals surface area contributed by atoms with Gasteiger partial charge in [-0.05, 0) is 38.3 Å². The molecule has 2 aromatic heterocycles. The van der Waals surface area contributed by atoms with Gasteiger partial charge in [-0.15, -0.1) is 0 Å². The molecule has 3 aliphatic heterocycles. The van der Waals surface area contributed by atoms with Crippen LogP contribution in [0.5, 0.6) is 0 Å². The molecule has 3 unspecified atom stereocenters. The van der Waals surface area contributed by atoms with Crippen LogP contribution in [-0.4, -0.2) is 69.4 Å². The molecule has 2 amide bonds. The van der Waals surface area contributed by atoms with Crippen LogP contribution in [0.3, 0.4) is 0 Å². The van der Waals surface area contributed by atoms with E-state index in [1.807, 2.05) is 45.5 Å². The van der Waals surface area contributed by atoms with E-state index in [0.29, 0.717) is 25.2 Å². The molecule has 0 aliphatic carbocycles. The predicted molar refractivity (Wildman–Crippen MR) is 98.4 cm³/mol. The molecule has 27 heavy (non-hydrogen) atoms. The topological polar surface area (TPSA) is 67.2 Å². The molecule has 0 spiro atoms. The van der Waals surface area contributed by atoms with Crippen molar-refractivity contribution >= 4 is 17.5 Å². The number of rotatable bonds is 2. The summed E-state index contributed by atoms with van der Waals surface area (Å²) in [6, 6.07) is 5.75. The third-order valence-corrected chi connectivity index (χ3v) is 6.15. The van der Waals surface area contributed by atoms with Crippen LogP contribution < -0.4 is 0 Å². The monoisotopic (exact) mass is 368 g/mol. The lowest BCUT2D eigenvalue weighted by Gasteiger charge is -2.33. The first-order valence-corrected chi connectivity index (χ1v) is 9.79. The van der Waals surface area contributed by atoms with Crippen LogP contribution in [0.15, 0.2) is 24.4 Å². The molecule has 0 aromatic carbocycles. The van der Waals surface area contributed by atoms with E-state index in [2.05, 4.69) is 4.98 Å². The lowest BCUT2D eigenvalue weighted by Crippen LogP contribution is -2.48. The van der Waals surface area contributed by atoms with Crippen LogP contribution in [0.1, 0.15) is 35.4 Å². The molecule has 2 aromatic rings. The zero-order valence-corrected chi connectivity index (χ0v) is 15.5. The summed E-state index contributed by atoms with van der Waals surface area (Å²) < 4.78 is 7.96. The highest BCUT2D eigenvalue weighted by Gasteiger charge is 2.47. The van der Waals surface area contributed by atoms with Gasteiger partial charge in [0.25, 0.3) is 5.91 Å². The summed E-state index contributed by atoms with van der Waals surface area (Å²) in [7, 11) is 0. The van der Waals surface area contributed by atoms with Gasteiger partial charge in [0.05, 0.1) is 23.8 Å². The third kappa shape index (κ3) is 2.72.